The molecule has 0 aromatic heterocycles. The largest absolute Gasteiger partial charge is 0.334 e. The maximum atomic E-state index is 13.5. The number of nitrogens with zero attached hydrogens (tertiary/aromatic N) is 1. The van der Waals surface area contributed by atoms with E-state index in [0.717, 1.165) is 61.7 Å². The van der Waals surface area contributed by atoms with Gasteiger partial charge in [0.15, 0.2) is 0 Å². The number of rotatable bonds is 4. The Morgan fingerprint density at radius 2 is 1.48 bits per heavy atom. The van der Waals surface area contributed by atoms with Gasteiger partial charge in [-0.25, -0.2) is 4.79 Å². The first kappa shape index (κ1) is 28.9. The van der Waals surface area contributed by atoms with Gasteiger partial charge in [0.2, 0.25) is 0 Å². The molecule has 6 aliphatic carbocycles. The summed E-state index contributed by atoms with van der Waals surface area (Å²) < 4.78 is 0. The number of urea groups is 1. The first-order valence-electron chi connectivity index (χ1n) is 18.0. The number of fused-ring (bicyclic) bond motifs is 5. The van der Waals surface area contributed by atoms with Crippen molar-refractivity contribution in [2.45, 2.75) is 168 Å². The highest BCUT2D eigenvalue weighted by Crippen LogP contribution is 2.68. The second-order valence-corrected chi connectivity index (χ2v) is 16.0. The molecule has 0 heterocycles. The third-order valence-electron chi connectivity index (χ3n) is 14.1. The van der Waals surface area contributed by atoms with E-state index in [1.807, 2.05) is 4.90 Å². The van der Waals surface area contributed by atoms with Crippen LogP contribution < -0.4 is 5.32 Å². The molecule has 0 aliphatic heterocycles. The van der Waals surface area contributed by atoms with Crippen molar-refractivity contribution in [1.82, 2.24) is 10.2 Å². The molecule has 6 fully saturated rings. The molecule has 224 valence electrons. The molecule has 0 bridgehead atoms. The summed E-state index contributed by atoms with van der Waals surface area (Å²) >= 11 is 0. The number of hydrogen-bond donors (Lipinski definition) is 1. The smallest absolute Gasteiger partial charge is 0.329 e. The van der Waals surface area contributed by atoms with Gasteiger partial charge >= 0.3 is 6.03 Å². The summed E-state index contributed by atoms with van der Waals surface area (Å²) in [5.74, 6) is 8.94. The third kappa shape index (κ3) is 5.49. The van der Waals surface area contributed by atoms with Crippen LogP contribution in [-0.2, 0) is 0 Å². The Hall–Kier alpha value is -1.17. The molecule has 3 nitrogen and oxygen atoms in total. The molecule has 0 radical (unpaired) electrons. The summed E-state index contributed by atoms with van der Waals surface area (Å²) in [4.78, 5) is 15.4. The van der Waals surface area contributed by atoms with Crippen LogP contribution in [0.15, 0.2) is 0 Å². The van der Waals surface area contributed by atoms with Crippen molar-refractivity contribution in [3.8, 4) is 12.0 Å². The van der Waals surface area contributed by atoms with E-state index in [0.29, 0.717) is 28.8 Å². The Morgan fingerprint density at radius 3 is 2.25 bits per heavy atom. The average molecular weight is 549 g/mol. The lowest BCUT2D eigenvalue weighted by Crippen LogP contribution is -2.53. The van der Waals surface area contributed by atoms with E-state index in [1.165, 1.54) is 103 Å². The van der Waals surface area contributed by atoms with E-state index < -0.39 is 0 Å². The second-order valence-electron chi connectivity index (χ2n) is 16.0. The lowest BCUT2D eigenvalue weighted by Gasteiger charge is -2.60. The van der Waals surface area contributed by atoms with Gasteiger partial charge in [0.25, 0.3) is 0 Å². The van der Waals surface area contributed by atoms with Crippen LogP contribution in [0, 0.1) is 58.3 Å². The van der Waals surface area contributed by atoms with Crippen molar-refractivity contribution in [2.75, 3.05) is 0 Å². The molecule has 2 amide bonds. The highest BCUT2D eigenvalue weighted by Gasteiger charge is 2.60. The Morgan fingerprint density at radius 1 is 0.775 bits per heavy atom. The van der Waals surface area contributed by atoms with Crippen LogP contribution in [-0.4, -0.2) is 23.0 Å². The highest BCUT2D eigenvalue weighted by molar-refractivity contribution is 5.77. The molecule has 0 spiro atoms. The fourth-order valence-corrected chi connectivity index (χ4v) is 11.8. The first-order chi connectivity index (χ1) is 19.4. The Balaban J connectivity index is 1.11. The van der Waals surface area contributed by atoms with Crippen LogP contribution in [0.5, 0.6) is 0 Å². The summed E-state index contributed by atoms with van der Waals surface area (Å²) in [6, 6.07) is 4.22. The zero-order valence-corrected chi connectivity index (χ0v) is 26.3. The van der Waals surface area contributed by atoms with E-state index in [9.17, 15) is 4.79 Å². The van der Waals surface area contributed by atoms with E-state index in [2.05, 4.69) is 38.1 Å². The summed E-state index contributed by atoms with van der Waals surface area (Å²) in [7, 11) is 0. The zero-order chi connectivity index (χ0) is 27.7. The van der Waals surface area contributed by atoms with E-state index in [4.69, 9.17) is 0 Å². The lowest BCUT2D eigenvalue weighted by molar-refractivity contribution is -0.114. The molecule has 0 aromatic carbocycles. The molecule has 8 atom stereocenters. The van der Waals surface area contributed by atoms with Gasteiger partial charge < -0.3 is 5.32 Å². The van der Waals surface area contributed by atoms with Crippen LogP contribution in [0.3, 0.4) is 0 Å². The molecular formula is C37H60N2O. The molecule has 1 N–H and O–H groups in total. The van der Waals surface area contributed by atoms with Crippen LogP contribution in [0.1, 0.15) is 156 Å². The maximum absolute atomic E-state index is 13.5. The SMILES string of the molecule is C[C@H](CC#CN(C(=O)NC1CCCCC1)C1CCCCC1)[C@H]1CC[C@H]2[C@@H]3CCC4CCCC[C@]4(C)[C@H]3CC[C@]12C. The van der Waals surface area contributed by atoms with Crippen molar-refractivity contribution in [3.63, 3.8) is 0 Å². The van der Waals surface area contributed by atoms with Crippen molar-refractivity contribution in [3.05, 3.63) is 0 Å². The Kier molecular flexibility index (Phi) is 8.83. The molecule has 6 rings (SSSR count). The van der Waals surface area contributed by atoms with Gasteiger partial charge in [-0.05, 0) is 123 Å². The minimum Gasteiger partial charge on any atom is -0.334 e. The predicted molar refractivity (Wildman–Crippen MR) is 166 cm³/mol. The molecular weight excluding hydrogens is 488 g/mol. The second kappa shape index (κ2) is 12.2. The first-order valence-corrected chi connectivity index (χ1v) is 18.0. The van der Waals surface area contributed by atoms with Crippen molar-refractivity contribution < 1.29 is 4.79 Å². The van der Waals surface area contributed by atoms with Gasteiger partial charge in [-0.15, -0.1) is 0 Å². The van der Waals surface area contributed by atoms with E-state index in [1.54, 1.807) is 0 Å². The molecule has 0 aromatic rings. The number of carbonyl (C=O) groups is 1. The molecule has 3 heteroatoms. The number of amides is 2. The fourth-order valence-electron chi connectivity index (χ4n) is 11.8. The van der Waals surface area contributed by atoms with Crippen molar-refractivity contribution >= 4 is 6.03 Å². The summed E-state index contributed by atoms with van der Waals surface area (Å²) in [5.41, 5.74) is 1.14. The standard InChI is InChI=1S/C37H60N2O/c1-27(13-12-26-39(30-17-8-5-9-18-30)35(40)38-29-15-6-4-7-16-29)32-21-22-33-31-20-19-28-14-10-11-24-36(28,2)34(31)23-25-37(32,33)3/h27-34H,4-11,13-25H2,1-3H3,(H,38,40)/t27-,28?,31+,32-,33+,34+,36+,37-/m1/s1. The van der Waals surface area contributed by atoms with Crippen LogP contribution in [0.25, 0.3) is 0 Å². The molecule has 0 saturated heterocycles. The molecule has 40 heavy (non-hydrogen) atoms. The monoisotopic (exact) mass is 548 g/mol. The summed E-state index contributed by atoms with van der Waals surface area (Å²) in [6.07, 6.45) is 27.8. The summed E-state index contributed by atoms with van der Waals surface area (Å²) in [6.45, 7) is 7.89. The normalized spacial score (nSPS) is 41.0. The quantitative estimate of drug-likeness (QED) is 0.275. The van der Waals surface area contributed by atoms with Crippen molar-refractivity contribution in [2.24, 2.45) is 46.3 Å². The van der Waals surface area contributed by atoms with Gasteiger partial charge in [-0.3, -0.25) is 4.90 Å². The topological polar surface area (TPSA) is 32.3 Å². The van der Waals surface area contributed by atoms with Gasteiger partial charge in [0, 0.05) is 24.5 Å². The number of carbonyl (C=O) groups excluding carboxylic acids is 1. The zero-order valence-electron chi connectivity index (χ0n) is 26.3. The van der Waals surface area contributed by atoms with Gasteiger partial charge in [0.1, 0.15) is 0 Å². The van der Waals surface area contributed by atoms with Crippen LogP contribution in [0.4, 0.5) is 4.79 Å². The molecule has 1 unspecified atom stereocenters. The Labute approximate surface area is 246 Å². The van der Waals surface area contributed by atoms with Crippen LogP contribution in [0.2, 0.25) is 0 Å². The molecule has 6 aliphatic rings. The van der Waals surface area contributed by atoms with E-state index >= 15 is 0 Å². The third-order valence-corrected chi connectivity index (χ3v) is 14.1. The minimum atomic E-state index is 0.0944. The Bertz CT molecular complexity index is 938. The predicted octanol–water partition coefficient (Wildman–Crippen LogP) is 9.70. The van der Waals surface area contributed by atoms with Crippen molar-refractivity contribution in [1.29, 1.82) is 0 Å². The number of nitrogens with one attached hydrogen (secondary N) is 1. The van der Waals surface area contributed by atoms with Gasteiger partial charge in [-0.2, -0.15) is 0 Å². The van der Waals surface area contributed by atoms with E-state index in [-0.39, 0.29) is 6.03 Å². The lowest BCUT2D eigenvalue weighted by atomic mass is 9.44. The van der Waals surface area contributed by atoms with Gasteiger partial charge in [-0.1, -0.05) is 78.1 Å². The fraction of sp³-hybridized carbons (Fsp3) is 0.919. The molecule has 6 saturated carbocycles. The summed E-state index contributed by atoms with van der Waals surface area (Å²) in [5, 5.41) is 3.39. The highest BCUT2D eigenvalue weighted by atomic mass is 16.2. The maximum Gasteiger partial charge on any atom is 0.329 e. The van der Waals surface area contributed by atoms with Crippen LogP contribution >= 0.6 is 0 Å². The van der Waals surface area contributed by atoms with Gasteiger partial charge in [0.05, 0.1) is 0 Å². The average Bonchev–Trinajstić information content (AvgIpc) is 3.33. The number of hydrogen-bond acceptors (Lipinski definition) is 1. The minimum absolute atomic E-state index is 0.0944.